The predicted molar refractivity (Wildman–Crippen MR) is 53.6 cm³/mol. The summed E-state index contributed by atoms with van der Waals surface area (Å²) in [4.78, 5) is 22.0. The second-order valence-corrected chi connectivity index (χ2v) is 5.55. The molecule has 21 heavy (non-hydrogen) atoms. The van der Waals surface area contributed by atoms with Crippen LogP contribution >= 0.6 is 0 Å². The fraction of sp³-hybridized carbons (Fsp3) is 0.750. The van der Waals surface area contributed by atoms with Crippen molar-refractivity contribution in [1.29, 1.82) is 0 Å². The van der Waals surface area contributed by atoms with E-state index in [0.29, 0.717) is 0 Å². The highest BCUT2D eigenvalue weighted by Gasteiger charge is 2.66. The van der Waals surface area contributed by atoms with Gasteiger partial charge < -0.3 is 10.1 Å². The molecule has 1 heterocycles. The fourth-order valence-corrected chi connectivity index (χ4v) is 1.90. The lowest BCUT2D eigenvalue weighted by Crippen LogP contribution is -2.53. The van der Waals surface area contributed by atoms with Gasteiger partial charge in [-0.25, -0.2) is 4.79 Å². The monoisotopic (exact) mass is 341 g/mol. The maximum atomic E-state index is 13.1. The number of hydrogen-bond donors (Lipinski definition) is 2. The topological polar surface area (TPSA) is 110 Å². The average Bonchev–Trinajstić information content (AvgIpc) is 2.69. The highest BCUT2D eigenvalue weighted by molar-refractivity contribution is 7.86. The molecule has 0 saturated carbocycles. The summed E-state index contributed by atoms with van der Waals surface area (Å²) in [7, 11) is -6.48. The Morgan fingerprint density at radius 1 is 1.33 bits per heavy atom. The van der Waals surface area contributed by atoms with Crippen LogP contribution in [0.5, 0.6) is 0 Å². The van der Waals surface area contributed by atoms with Crippen LogP contribution in [-0.4, -0.2) is 48.4 Å². The van der Waals surface area contributed by atoms with Crippen molar-refractivity contribution in [2.45, 2.75) is 36.4 Å². The molecule has 0 radical (unpaired) electrons. The molecule has 7 nitrogen and oxygen atoms in total. The molecule has 122 valence electrons. The number of esters is 1. The number of nitrogens with one attached hydrogen (secondary N) is 1. The summed E-state index contributed by atoms with van der Waals surface area (Å²) in [6.45, 7) is 0. The number of halogens is 5. The van der Waals surface area contributed by atoms with Crippen LogP contribution in [0, 0.1) is 0 Å². The minimum absolute atomic E-state index is 0.231. The molecule has 2 atom stereocenters. The highest BCUT2D eigenvalue weighted by Crippen LogP contribution is 2.38. The summed E-state index contributed by atoms with van der Waals surface area (Å²) in [5, 5.41) is -3.93. The van der Waals surface area contributed by atoms with Crippen molar-refractivity contribution in [3.8, 4) is 0 Å². The molecule has 0 aliphatic carbocycles. The summed E-state index contributed by atoms with van der Waals surface area (Å²) in [6.07, 6.45) is -10.9. The van der Waals surface area contributed by atoms with Gasteiger partial charge in [0.2, 0.25) is 5.91 Å². The number of carbonyl (C=O) groups excluding carboxylic acids is 2. The minimum Gasteiger partial charge on any atom is -0.443 e. The molecule has 1 fully saturated rings. The lowest BCUT2D eigenvalue weighted by atomic mass is 10.2. The minimum atomic E-state index is -6.48. The Morgan fingerprint density at radius 3 is 2.19 bits per heavy atom. The SMILES string of the molecule is O=C1CCC(C(=O)OC(C(F)(F)F)C(F)(F)S(=O)(=O)O)N1. The Labute approximate surface area is 114 Å². The van der Waals surface area contributed by atoms with Crippen LogP contribution in [0.25, 0.3) is 0 Å². The van der Waals surface area contributed by atoms with Gasteiger partial charge in [0, 0.05) is 6.42 Å². The molecular weight excluding hydrogens is 333 g/mol. The quantitative estimate of drug-likeness (QED) is 0.430. The van der Waals surface area contributed by atoms with Gasteiger partial charge in [0.15, 0.2) is 0 Å². The first kappa shape index (κ1) is 17.6. The normalized spacial score (nSPS) is 21.8. The molecule has 2 N–H and O–H groups in total. The van der Waals surface area contributed by atoms with Gasteiger partial charge in [-0.1, -0.05) is 0 Å². The molecule has 0 aromatic rings. The van der Waals surface area contributed by atoms with Gasteiger partial charge in [-0.3, -0.25) is 9.35 Å². The van der Waals surface area contributed by atoms with Crippen molar-refractivity contribution in [3.63, 3.8) is 0 Å². The highest BCUT2D eigenvalue weighted by atomic mass is 32.2. The van der Waals surface area contributed by atoms with Crippen molar-refractivity contribution in [2.75, 3.05) is 0 Å². The molecule has 13 heteroatoms. The number of carbonyl (C=O) groups is 2. The molecule has 1 rings (SSSR count). The first-order valence-electron chi connectivity index (χ1n) is 5.18. The molecule has 2 unspecified atom stereocenters. The fourth-order valence-electron chi connectivity index (χ4n) is 1.45. The lowest BCUT2D eigenvalue weighted by Gasteiger charge is -2.26. The van der Waals surface area contributed by atoms with Crippen molar-refractivity contribution in [3.05, 3.63) is 0 Å². The summed E-state index contributed by atoms with van der Waals surface area (Å²) < 4.78 is 95.8. The van der Waals surface area contributed by atoms with Crippen LogP contribution in [0.3, 0.4) is 0 Å². The van der Waals surface area contributed by atoms with Gasteiger partial charge in [0.25, 0.3) is 6.10 Å². The summed E-state index contributed by atoms with van der Waals surface area (Å²) in [5.74, 6) is -2.59. The Bertz CT molecular complexity index is 544. The van der Waals surface area contributed by atoms with E-state index in [1.165, 1.54) is 0 Å². The molecule has 0 bridgehead atoms. The van der Waals surface area contributed by atoms with E-state index in [-0.39, 0.29) is 12.8 Å². The van der Waals surface area contributed by atoms with Crippen LogP contribution in [0.15, 0.2) is 0 Å². The zero-order chi connectivity index (χ0) is 16.6. The third-order valence-electron chi connectivity index (χ3n) is 2.46. The lowest BCUT2D eigenvalue weighted by molar-refractivity contribution is -0.259. The average molecular weight is 341 g/mol. The largest absolute Gasteiger partial charge is 0.443 e. The first-order valence-corrected chi connectivity index (χ1v) is 6.62. The third kappa shape index (κ3) is 3.78. The van der Waals surface area contributed by atoms with Crippen molar-refractivity contribution in [1.82, 2.24) is 5.32 Å². The van der Waals surface area contributed by atoms with E-state index in [0.717, 1.165) is 0 Å². The zero-order valence-corrected chi connectivity index (χ0v) is 10.7. The number of alkyl halides is 5. The van der Waals surface area contributed by atoms with E-state index in [2.05, 4.69) is 4.74 Å². The smallest absolute Gasteiger partial charge is 0.432 e. The van der Waals surface area contributed by atoms with Gasteiger partial charge >= 0.3 is 27.5 Å². The van der Waals surface area contributed by atoms with Gasteiger partial charge in [0.05, 0.1) is 0 Å². The summed E-state index contributed by atoms with van der Waals surface area (Å²) in [5.41, 5.74) is 0. The molecule has 0 spiro atoms. The maximum Gasteiger partial charge on any atom is 0.432 e. The maximum absolute atomic E-state index is 13.1. The molecule has 1 aliphatic heterocycles. The van der Waals surface area contributed by atoms with Gasteiger partial charge in [-0.05, 0) is 6.42 Å². The molecular formula is C8H8F5NO6S. The third-order valence-corrected chi connectivity index (χ3v) is 3.36. The van der Waals surface area contributed by atoms with E-state index in [4.69, 9.17) is 4.55 Å². The van der Waals surface area contributed by atoms with Gasteiger partial charge in [0.1, 0.15) is 6.04 Å². The second kappa shape index (κ2) is 5.36. The van der Waals surface area contributed by atoms with Crippen LogP contribution in [0.1, 0.15) is 12.8 Å². The standard InChI is InChI=1S/C8H8F5NO6S/c9-7(10,11)6(8(12,13)21(17,18)19)20-5(16)3-1-2-4(15)14-3/h3,6H,1-2H2,(H,14,15)(H,17,18,19). The Hall–Kier alpha value is -1.50. The molecule has 1 saturated heterocycles. The number of rotatable bonds is 4. The Morgan fingerprint density at radius 2 is 1.86 bits per heavy atom. The van der Waals surface area contributed by atoms with Crippen molar-refractivity contribution >= 4 is 22.0 Å². The number of hydrogen-bond acceptors (Lipinski definition) is 5. The Kier molecular flexibility index (Phi) is 4.48. The number of ether oxygens (including phenoxy) is 1. The Balaban J connectivity index is 3.01. The van der Waals surface area contributed by atoms with Crippen molar-refractivity contribution < 1.29 is 49.2 Å². The second-order valence-electron chi connectivity index (χ2n) is 4.05. The van der Waals surface area contributed by atoms with Crippen molar-refractivity contribution in [2.24, 2.45) is 0 Å². The summed E-state index contributed by atoms with van der Waals surface area (Å²) in [6, 6.07) is -1.60. The van der Waals surface area contributed by atoms with Gasteiger partial charge in [-0.15, -0.1) is 0 Å². The first-order chi connectivity index (χ1) is 9.26. The molecule has 0 aromatic carbocycles. The summed E-state index contributed by atoms with van der Waals surface area (Å²) >= 11 is 0. The molecule has 1 aliphatic rings. The van der Waals surface area contributed by atoms with Crippen LogP contribution in [0.2, 0.25) is 0 Å². The molecule has 1 amide bonds. The van der Waals surface area contributed by atoms with Gasteiger partial charge in [-0.2, -0.15) is 30.4 Å². The van der Waals surface area contributed by atoms with Crippen LogP contribution in [-0.2, 0) is 24.4 Å². The van der Waals surface area contributed by atoms with E-state index in [1.807, 2.05) is 5.32 Å². The van der Waals surface area contributed by atoms with E-state index in [1.54, 1.807) is 0 Å². The van der Waals surface area contributed by atoms with E-state index >= 15 is 0 Å². The predicted octanol–water partition coefficient (Wildman–Crippen LogP) is 0.220. The number of amides is 1. The van der Waals surface area contributed by atoms with Crippen LogP contribution < -0.4 is 5.32 Å². The zero-order valence-electron chi connectivity index (χ0n) is 9.86. The molecule has 0 aromatic heterocycles. The van der Waals surface area contributed by atoms with E-state index in [9.17, 15) is 40.0 Å². The van der Waals surface area contributed by atoms with Crippen LogP contribution in [0.4, 0.5) is 22.0 Å². The van der Waals surface area contributed by atoms with E-state index < -0.39 is 45.6 Å².